The molecule has 120 valence electrons. The van der Waals surface area contributed by atoms with Gasteiger partial charge in [0.05, 0.1) is 6.04 Å². The molecule has 6 nitrogen and oxygen atoms in total. The van der Waals surface area contributed by atoms with E-state index in [9.17, 15) is 9.59 Å². The van der Waals surface area contributed by atoms with Crippen molar-refractivity contribution in [2.75, 3.05) is 11.9 Å². The van der Waals surface area contributed by atoms with Crippen LogP contribution < -0.4 is 10.7 Å². The first-order valence-corrected chi connectivity index (χ1v) is 7.85. The number of carbonyl (C=O) groups excluding carboxylic acids is 1. The summed E-state index contributed by atoms with van der Waals surface area (Å²) in [6.07, 6.45) is 9.54. The number of aromatic nitrogens is 2. The number of pyridine rings is 2. The van der Waals surface area contributed by atoms with E-state index >= 15 is 0 Å². The molecular weight excluding hydrogens is 292 g/mol. The number of piperidine rings is 1. The Bertz CT molecular complexity index is 714. The van der Waals surface area contributed by atoms with Crippen LogP contribution in [0.15, 0.2) is 47.8 Å². The van der Waals surface area contributed by atoms with Gasteiger partial charge >= 0.3 is 0 Å². The van der Waals surface area contributed by atoms with E-state index in [1.54, 1.807) is 12.4 Å². The van der Waals surface area contributed by atoms with E-state index in [1.165, 1.54) is 12.3 Å². The summed E-state index contributed by atoms with van der Waals surface area (Å²) >= 11 is 0. The zero-order valence-electron chi connectivity index (χ0n) is 12.9. The Morgan fingerprint density at radius 3 is 3.09 bits per heavy atom. The number of aromatic amines is 1. The molecule has 0 saturated carbocycles. The Balaban J connectivity index is 1.72. The zero-order valence-corrected chi connectivity index (χ0v) is 12.9. The third-order valence-corrected chi connectivity index (χ3v) is 4.11. The first kappa shape index (κ1) is 15.4. The Kier molecular flexibility index (Phi) is 4.83. The molecule has 3 heterocycles. The highest BCUT2D eigenvalue weighted by Crippen LogP contribution is 2.20. The van der Waals surface area contributed by atoms with Gasteiger partial charge < -0.3 is 10.3 Å². The number of amides is 1. The van der Waals surface area contributed by atoms with Crippen molar-refractivity contribution in [3.8, 4) is 0 Å². The number of hydrogen-bond donors (Lipinski definition) is 2. The Hall–Kier alpha value is -2.47. The van der Waals surface area contributed by atoms with Crippen LogP contribution in [0.1, 0.15) is 24.8 Å². The SMILES string of the molecule is O=C(Nc1c[nH]ccc1=O)C1CCCCN1Cc1cccnc1. The molecule has 23 heavy (non-hydrogen) atoms. The molecule has 1 saturated heterocycles. The largest absolute Gasteiger partial charge is 0.366 e. The lowest BCUT2D eigenvalue weighted by atomic mass is 10.0. The van der Waals surface area contributed by atoms with Crippen LogP contribution in [0.3, 0.4) is 0 Å². The van der Waals surface area contributed by atoms with Gasteiger partial charge in [0, 0.05) is 37.4 Å². The second kappa shape index (κ2) is 7.19. The molecular formula is C17H20N4O2. The van der Waals surface area contributed by atoms with Crippen molar-refractivity contribution in [1.29, 1.82) is 0 Å². The molecule has 1 aliphatic heterocycles. The highest BCUT2D eigenvalue weighted by Gasteiger charge is 2.29. The first-order chi connectivity index (χ1) is 11.2. The van der Waals surface area contributed by atoms with Gasteiger partial charge in [0.1, 0.15) is 5.69 Å². The summed E-state index contributed by atoms with van der Waals surface area (Å²) in [6, 6.07) is 5.10. The van der Waals surface area contributed by atoms with Gasteiger partial charge in [-0.1, -0.05) is 12.5 Å². The fraction of sp³-hybridized carbons (Fsp3) is 0.353. The third kappa shape index (κ3) is 3.84. The van der Waals surface area contributed by atoms with E-state index < -0.39 is 0 Å². The fourth-order valence-electron chi connectivity index (χ4n) is 2.93. The molecule has 1 atom stereocenters. The molecule has 2 N–H and O–H groups in total. The highest BCUT2D eigenvalue weighted by atomic mass is 16.2. The van der Waals surface area contributed by atoms with Gasteiger partial charge in [0.25, 0.3) is 0 Å². The van der Waals surface area contributed by atoms with Gasteiger partial charge in [-0.05, 0) is 31.0 Å². The number of nitrogens with one attached hydrogen (secondary N) is 2. The van der Waals surface area contributed by atoms with Gasteiger partial charge in [-0.15, -0.1) is 0 Å². The van der Waals surface area contributed by atoms with Crippen molar-refractivity contribution in [2.24, 2.45) is 0 Å². The van der Waals surface area contributed by atoms with Crippen molar-refractivity contribution in [3.05, 3.63) is 58.8 Å². The predicted octanol–water partition coefficient (Wildman–Crippen LogP) is 1.76. The van der Waals surface area contributed by atoms with Crippen LogP contribution in [0.25, 0.3) is 0 Å². The molecule has 6 heteroatoms. The molecule has 3 rings (SSSR count). The maximum absolute atomic E-state index is 12.6. The molecule has 0 spiro atoms. The van der Waals surface area contributed by atoms with Crippen molar-refractivity contribution in [3.63, 3.8) is 0 Å². The lowest BCUT2D eigenvalue weighted by Gasteiger charge is -2.34. The molecule has 0 aromatic carbocycles. The van der Waals surface area contributed by atoms with Crippen LogP contribution >= 0.6 is 0 Å². The zero-order chi connectivity index (χ0) is 16.1. The summed E-state index contributed by atoms with van der Waals surface area (Å²) in [4.78, 5) is 33.5. The number of rotatable bonds is 4. The van der Waals surface area contributed by atoms with Crippen molar-refractivity contribution in [2.45, 2.75) is 31.8 Å². The minimum atomic E-state index is -0.219. The van der Waals surface area contributed by atoms with Crippen LogP contribution in [-0.4, -0.2) is 33.4 Å². The summed E-state index contributed by atoms with van der Waals surface area (Å²) in [5.74, 6) is -0.120. The molecule has 1 fully saturated rings. The summed E-state index contributed by atoms with van der Waals surface area (Å²) in [5.41, 5.74) is 1.20. The monoisotopic (exact) mass is 312 g/mol. The summed E-state index contributed by atoms with van der Waals surface area (Å²) in [5, 5.41) is 2.76. The minimum absolute atomic E-state index is 0.120. The van der Waals surface area contributed by atoms with Gasteiger partial charge in [-0.3, -0.25) is 19.5 Å². The fourth-order valence-corrected chi connectivity index (χ4v) is 2.93. The van der Waals surface area contributed by atoms with E-state index in [4.69, 9.17) is 0 Å². The van der Waals surface area contributed by atoms with Crippen LogP contribution in [0, 0.1) is 0 Å². The molecule has 2 aromatic heterocycles. The number of carbonyl (C=O) groups is 1. The average Bonchev–Trinajstić information content (AvgIpc) is 2.58. The molecule has 2 aromatic rings. The molecule has 0 radical (unpaired) electrons. The second-order valence-electron chi connectivity index (χ2n) is 5.75. The van der Waals surface area contributed by atoms with E-state index in [2.05, 4.69) is 20.2 Å². The van der Waals surface area contributed by atoms with Crippen LogP contribution in [-0.2, 0) is 11.3 Å². The highest BCUT2D eigenvalue weighted by molar-refractivity contribution is 5.94. The number of H-pyrrole nitrogens is 1. The molecule has 0 aliphatic carbocycles. The standard InChI is InChI=1S/C17H20N4O2/c22-16-6-8-19-11-14(16)20-17(23)15-5-1-2-9-21(15)12-13-4-3-7-18-10-13/h3-4,6-8,10-11,15H,1-2,5,9,12H2,(H,19,22)(H,20,23). The van der Waals surface area contributed by atoms with Gasteiger partial charge in [0.2, 0.25) is 11.3 Å². The van der Waals surface area contributed by atoms with Crippen molar-refractivity contribution >= 4 is 11.6 Å². The normalized spacial score (nSPS) is 18.5. The van der Waals surface area contributed by atoms with E-state index in [1.807, 2.05) is 18.3 Å². The van der Waals surface area contributed by atoms with E-state index in [0.717, 1.165) is 31.4 Å². The molecule has 1 unspecified atom stereocenters. The van der Waals surface area contributed by atoms with Crippen molar-refractivity contribution in [1.82, 2.24) is 14.9 Å². The Labute approximate surface area is 134 Å². The Morgan fingerprint density at radius 2 is 2.30 bits per heavy atom. The molecule has 0 bridgehead atoms. The maximum Gasteiger partial charge on any atom is 0.241 e. The summed E-state index contributed by atoms with van der Waals surface area (Å²) < 4.78 is 0. The average molecular weight is 312 g/mol. The van der Waals surface area contributed by atoms with Gasteiger partial charge in [-0.25, -0.2) is 0 Å². The van der Waals surface area contributed by atoms with Crippen molar-refractivity contribution < 1.29 is 4.79 Å². The molecule has 1 aliphatic rings. The maximum atomic E-state index is 12.6. The lowest BCUT2D eigenvalue weighted by molar-refractivity contribution is -0.122. The van der Waals surface area contributed by atoms with Crippen LogP contribution in [0.5, 0.6) is 0 Å². The topological polar surface area (TPSA) is 78.1 Å². The molecule has 1 amide bonds. The minimum Gasteiger partial charge on any atom is -0.366 e. The van der Waals surface area contributed by atoms with Crippen LogP contribution in [0.2, 0.25) is 0 Å². The summed E-state index contributed by atoms with van der Waals surface area (Å²) in [7, 11) is 0. The van der Waals surface area contributed by atoms with E-state index in [0.29, 0.717) is 12.2 Å². The number of likely N-dealkylation sites (tertiary alicyclic amines) is 1. The van der Waals surface area contributed by atoms with Crippen LogP contribution in [0.4, 0.5) is 5.69 Å². The van der Waals surface area contributed by atoms with E-state index in [-0.39, 0.29) is 17.4 Å². The number of hydrogen-bond acceptors (Lipinski definition) is 4. The quantitative estimate of drug-likeness (QED) is 0.902. The third-order valence-electron chi connectivity index (χ3n) is 4.11. The number of nitrogens with zero attached hydrogens (tertiary/aromatic N) is 2. The van der Waals surface area contributed by atoms with Gasteiger partial charge in [-0.2, -0.15) is 0 Å². The second-order valence-corrected chi connectivity index (χ2v) is 5.75. The smallest absolute Gasteiger partial charge is 0.241 e. The predicted molar refractivity (Wildman–Crippen MR) is 88.0 cm³/mol. The summed E-state index contributed by atoms with van der Waals surface area (Å²) in [6.45, 7) is 1.56. The Morgan fingerprint density at radius 1 is 1.39 bits per heavy atom. The first-order valence-electron chi connectivity index (χ1n) is 7.85. The lowest BCUT2D eigenvalue weighted by Crippen LogP contribution is -2.47. The number of anilines is 1. The van der Waals surface area contributed by atoms with Gasteiger partial charge in [0.15, 0.2) is 0 Å².